The van der Waals surface area contributed by atoms with Crippen LogP contribution in [0.15, 0.2) is 18.2 Å². The monoisotopic (exact) mass is 254 g/mol. The van der Waals surface area contributed by atoms with Crippen molar-refractivity contribution in [1.82, 2.24) is 10.6 Å². The van der Waals surface area contributed by atoms with E-state index in [4.69, 9.17) is 0 Å². The predicted molar refractivity (Wildman–Crippen MR) is 64.3 cm³/mol. The van der Waals surface area contributed by atoms with Crippen molar-refractivity contribution >= 4 is 5.91 Å². The van der Waals surface area contributed by atoms with Gasteiger partial charge in [-0.2, -0.15) is 0 Å². The largest absolute Gasteiger partial charge is 0.348 e. The first-order valence-electron chi connectivity index (χ1n) is 6.04. The molecule has 0 bridgehead atoms. The molecule has 3 nitrogen and oxygen atoms in total. The zero-order valence-electron chi connectivity index (χ0n) is 10.2. The Balaban J connectivity index is 2.09. The lowest BCUT2D eigenvalue weighted by atomic mass is 9.94. The molecule has 5 heteroatoms. The van der Waals surface area contributed by atoms with Gasteiger partial charge in [-0.15, -0.1) is 0 Å². The molecule has 1 aliphatic heterocycles. The van der Waals surface area contributed by atoms with Gasteiger partial charge in [0.25, 0.3) is 5.91 Å². The average Bonchev–Trinajstić information content (AvgIpc) is 2.35. The first-order valence-corrected chi connectivity index (χ1v) is 6.04. The lowest BCUT2D eigenvalue weighted by Gasteiger charge is -2.30. The molecule has 1 saturated heterocycles. The molecule has 18 heavy (non-hydrogen) atoms. The fourth-order valence-corrected chi connectivity index (χ4v) is 2.10. The highest BCUT2D eigenvalue weighted by Crippen LogP contribution is 2.14. The first-order chi connectivity index (χ1) is 8.58. The SMILES string of the molecule is CC1CCNCC1NC(=O)c1cc(F)ccc1F. The quantitative estimate of drug-likeness (QED) is 0.843. The zero-order chi connectivity index (χ0) is 13.1. The van der Waals surface area contributed by atoms with Crippen LogP contribution < -0.4 is 10.6 Å². The van der Waals surface area contributed by atoms with Gasteiger partial charge in [0.2, 0.25) is 0 Å². The van der Waals surface area contributed by atoms with Gasteiger partial charge in [0.05, 0.1) is 5.56 Å². The Morgan fingerprint density at radius 2 is 2.22 bits per heavy atom. The fraction of sp³-hybridized carbons (Fsp3) is 0.462. The molecule has 2 atom stereocenters. The molecule has 1 aromatic rings. The van der Waals surface area contributed by atoms with Crippen molar-refractivity contribution in [2.24, 2.45) is 5.92 Å². The summed E-state index contributed by atoms with van der Waals surface area (Å²) in [7, 11) is 0. The Hall–Kier alpha value is -1.49. The summed E-state index contributed by atoms with van der Waals surface area (Å²) in [4.78, 5) is 11.9. The Labute approximate surface area is 105 Å². The van der Waals surface area contributed by atoms with Crippen LogP contribution in [0.1, 0.15) is 23.7 Å². The number of hydrogen-bond donors (Lipinski definition) is 2. The van der Waals surface area contributed by atoms with E-state index in [1.807, 2.05) is 6.92 Å². The molecule has 0 saturated carbocycles. The topological polar surface area (TPSA) is 41.1 Å². The lowest BCUT2D eigenvalue weighted by molar-refractivity contribution is 0.0910. The molecule has 1 heterocycles. The van der Waals surface area contributed by atoms with E-state index in [-0.39, 0.29) is 11.6 Å². The van der Waals surface area contributed by atoms with E-state index in [2.05, 4.69) is 10.6 Å². The molecule has 2 rings (SSSR count). The average molecular weight is 254 g/mol. The van der Waals surface area contributed by atoms with Gasteiger partial charge in [-0.25, -0.2) is 8.78 Å². The highest BCUT2D eigenvalue weighted by Gasteiger charge is 2.24. The third-order valence-corrected chi connectivity index (χ3v) is 3.32. The molecule has 2 N–H and O–H groups in total. The van der Waals surface area contributed by atoms with Gasteiger partial charge in [-0.1, -0.05) is 6.92 Å². The minimum atomic E-state index is -0.703. The van der Waals surface area contributed by atoms with E-state index in [0.717, 1.165) is 31.2 Å². The number of rotatable bonds is 2. The summed E-state index contributed by atoms with van der Waals surface area (Å²) in [6, 6.07) is 2.84. The second-order valence-corrected chi connectivity index (χ2v) is 4.67. The van der Waals surface area contributed by atoms with E-state index < -0.39 is 17.5 Å². The molecule has 1 aromatic carbocycles. The van der Waals surface area contributed by atoms with Gasteiger partial charge in [0, 0.05) is 12.6 Å². The number of amides is 1. The third-order valence-electron chi connectivity index (χ3n) is 3.32. The van der Waals surface area contributed by atoms with E-state index in [1.54, 1.807) is 0 Å². The molecule has 98 valence electrons. The Morgan fingerprint density at radius 3 is 2.94 bits per heavy atom. The van der Waals surface area contributed by atoms with E-state index >= 15 is 0 Å². The van der Waals surface area contributed by atoms with Crippen molar-refractivity contribution in [1.29, 1.82) is 0 Å². The summed E-state index contributed by atoms with van der Waals surface area (Å²) in [5, 5.41) is 5.91. The van der Waals surface area contributed by atoms with Crippen molar-refractivity contribution in [2.45, 2.75) is 19.4 Å². The van der Waals surface area contributed by atoms with Crippen LogP contribution >= 0.6 is 0 Å². The molecule has 1 amide bonds. The molecule has 0 radical (unpaired) electrons. The zero-order valence-corrected chi connectivity index (χ0v) is 10.2. The van der Waals surface area contributed by atoms with E-state index in [9.17, 15) is 13.6 Å². The van der Waals surface area contributed by atoms with Crippen LogP contribution in [0.2, 0.25) is 0 Å². The third kappa shape index (κ3) is 2.85. The fourth-order valence-electron chi connectivity index (χ4n) is 2.10. The predicted octanol–water partition coefficient (Wildman–Crippen LogP) is 1.69. The van der Waals surface area contributed by atoms with E-state index in [1.165, 1.54) is 0 Å². The Kier molecular flexibility index (Phi) is 3.91. The number of carbonyl (C=O) groups excluding carboxylic acids is 1. The minimum Gasteiger partial charge on any atom is -0.348 e. The molecule has 0 spiro atoms. The maximum Gasteiger partial charge on any atom is 0.254 e. The lowest BCUT2D eigenvalue weighted by Crippen LogP contribution is -2.50. The molecule has 1 fully saturated rings. The summed E-state index contributed by atoms with van der Waals surface area (Å²) in [5.41, 5.74) is -0.243. The standard InChI is InChI=1S/C13H16F2N2O/c1-8-4-5-16-7-12(8)17-13(18)10-6-9(14)2-3-11(10)15/h2-3,6,8,12,16H,4-5,7H2,1H3,(H,17,18). The molecular weight excluding hydrogens is 238 g/mol. The van der Waals surface area contributed by atoms with Crippen LogP contribution in [-0.2, 0) is 0 Å². The van der Waals surface area contributed by atoms with Crippen molar-refractivity contribution in [3.8, 4) is 0 Å². The van der Waals surface area contributed by atoms with Crippen molar-refractivity contribution in [3.63, 3.8) is 0 Å². The minimum absolute atomic E-state index is 0.0473. The molecule has 0 aliphatic carbocycles. The molecule has 2 unspecified atom stereocenters. The van der Waals surface area contributed by atoms with Gasteiger partial charge in [-0.05, 0) is 37.1 Å². The highest BCUT2D eigenvalue weighted by atomic mass is 19.1. The van der Waals surface area contributed by atoms with Gasteiger partial charge in [0.15, 0.2) is 0 Å². The van der Waals surface area contributed by atoms with Crippen LogP contribution in [0.4, 0.5) is 8.78 Å². The second-order valence-electron chi connectivity index (χ2n) is 4.67. The smallest absolute Gasteiger partial charge is 0.254 e. The summed E-state index contributed by atoms with van der Waals surface area (Å²) in [5.74, 6) is -1.55. The normalized spacial score (nSPS) is 23.7. The molecule has 1 aliphatic rings. The maximum atomic E-state index is 13.4. The summed E-state index contributed by atoms with van der Waals surface area (Å²) >= 11 is 0. The second kappa shape index (κ2) is 5.44. The van der Waals surface area contributed by atoms with Crippen LogP contribution in [-0.4, -0.2) is 25.0 Å². The number of halogens is 2. The van der Waals surface area contributed by atoms with Crippen LogP contribution in [0, 0.1) is 17.6 Å². The highest BCUT2D eigenvalue weighted by molar-refractivity contribution is 5.94. The number of hydrogen-bond acceptors (Lipinski definition) is 2. The van der Waals surface area contributed by atoms with Crippen LogP contribution in [0.5, 0.6) is 0 Å². The number of benzene rings is 1. The van der Waals surface area contributed by atoms with Crippen LogP contribution in [0.3, 0.4) is 0 Å². The number of carbonyl (C=O) groups is 1. The van der Waals surface area contributed by atoms with Gasteiger partial charge in [0.1, 0.15) is 11.6 Å². The summed E-state index contributed by atoms with van der Waals surface area (Å²) < 4.78 is 26.4. The van der Waals surface area contributed by atoms with Gasteiger partial charge < -0.3 is 10.6 Å². The van der Waals surface area contributed by atoms with Crippen LogP contribution in [0.25, 0.3) is 0 Å². The molecule has 0 aromatic heterocycles. The Bertz CT molecular complexity index is 451. The maximum absolute atomic E-state index is 13.4. The number of piperidine rings is 1. The summed E-state index contributed by atoms with van der Waals surface area (Å²) in [6.45, 7) is 3.61. The summed E-state index contributed by atoms with van der Waals surface area (Å²) in [6.07, 6.45) is 0.955. The first kappa shape index (κ1) is 13.0. The van der Waals surface area contributed by atoms with Gasteiger partial charge in [-0.3, -0.25) is 4.79 Å². The van der Waals surface area contributed by atoms with E-state index in [0.29, 0.717) is 12.5 Å². The Morgan fingerprint density at radius 1 is 1.44 bits per heavy atom. The van der Waals surface area contributed by atoms with Crippen molar-refractivity contribution in [3.05, 3.63) is 35.4 Å². The molecular formula is C13H16F2N2O. The van der Waals surface area contributed by atoms with Gasteiger partial charge >= 0.3 is 0 Å². The van der Waals surface area contributed by atoms with Crippen molar-refractivity contribution < 1.29 is 13.6 Å². The number of nitrogens with one attached hydrogen (secondary N) is 2. The van der Waals surface area contributed by atoms with Crippen molar-refractivity contribution in [2.75, 3.05) is 13.1 Å².